The Kier molecular flexibility index (Phi) is 4.50. The van der Waals surface area contributed by atoms with Crippen LogP contribution in [0, 0.1) is 5.82 Å². The predicted molar refractivity (Wildman–Crippen MR) is 75.7 cm³/mol. The predicted octanol–water partition coefficient (Wildman–Crippen LogP) is 3.82. The number of halogens is 3. The molecule has 0 aliphatic heterocycles. The minimum atomic E-state index is -0.473. The van der Waals surface area contributed by atoms with Crippen LogP contribution < -0.4 is 5.32 Å². The second-order valence-corrected chi connectivity index (χ2v) is 5.05. The number of benzene rings is 1. The first-order chi connectivity index (χ1) is 9.06. The van der Waals surface area contributed by atoms with Gasteiger partial charge in [-0.2, -0.15) is 0 Å². The third kappa shape index (κ3) is 3.75. The number of aromatic nitrogens is 1. The van der Waals surface area contributed by atoms with Crippen molar-refractivity contribution in [3.8, 4) is 0 Å². The summed E-state index contributed by atoms with van der Waals surface area (Å²) in [4.78, 5) is 15.9. The number of hydrogen-bond donors (Lipinski definition) is 1. The summed E-state index contributed by atoms with van der Waals surface area (Å²) >= 11 is 9.04. The fourth-order valence-electron chi connectivity index (χ4n) is 1.51. The van der Waals surface area contributed by atoms with Crippen molar-refractivity contribution in [2.24, 2.45) is 0 Å². The molecule has 0 aliphatic carbocycles. The van der Waals surface area contributed by atoms with E-state index in [4.69, 9.17) is 11.6 Å². The number of pyridine rings is 1. The summed E-state index contributed by atoms with van der Waals surface area (Å²) in [6.45, 7) is 0. The third-order valence-electron chi connectivity index (χ3n) is 2.34. The summed E-state index contributed by atoms with van der Waals surface area (Å²) in [7, 11) is 0. The van der Waals surface area contributed by atoms with Crippen molar-refractivity contribution in [3.05, 3.63) is 57.5 Å². The van der Waals surface area contributed by atoms with E-state index in [0.717, 1.165) is 6.07 Å². The molecule has 1 N–H and O–H groups in total. The number of rotatable bonds is 3. The minimum Gasteiger partial charge on any atom is -0.323 e. The highest BCUT2D eigenvalue weighted by molar-refractivity contribution is 9.10. The Balaban J connectivity index is 2.12. The first-order valence-electron chi connectivity index (χ1n) is 5.40. The fourth-order valence-corrected chi connectivity index (χ4v) is 2.41. The van der Waals surface area contributed by atoms with Crippen LogP contribution in [0.15, 0.2) is 41.0 Å². The monoisotopic (exact) mass is 342 g/mol. The molecule has 0 unspecified atom stereocenters. The maximum absolute atomic E-state index is 13.1. The van der Waals surface area contributed by atoms with Crippen molar-refractivity contribution in [1.29, 1.82) is 0 Å². The number of nitrogens with zero attached hydrogens (tertiary/aromatic N) is 1. The van der Waals surface area contributed by atoms with Gasteiger partial charge in [-0.3, -0.25) is 9.78 Å². The Morgan fingerprint density at radius 1 is 1.42 bits per heavy atom. The van der Waals surface area contributed by atoms with Crippen LogP contribution in [0.3, 0.4) is 0 Å². The van der Waals surface area contributed by atoms with Crippen LogP contribution in [0.2, 0.25) is 5.02 Å². The number of nitrogens with one attached hydrogen (secondary N) is 1. The van der Waals surface area contributed by atoms with E-state index in [1.165, 1.54) is 6.07 Å². The summed E-state index contributed by atoms with van der Waals surface area (Å²) in [5.74, 6) is -0.743. The molecule has 1 aromatic carbocycles. The third-order valence-corrected chi connectivity index (χ3v) is 3.26. The van der Waals surface area contributed by atoms with Gasteiger partial charge >= 0.3 is 0 Å². The topological polar surface area (TPSA) is 42.0 Å². The van der Waals surface area contributed by atoms with Crippen molar-refractivity contribution in [2.75, 3.05) is 5.32 Å². The smallest absolute Gasteiger partial charge is 0.230 e. The van der Waals surface area contributed by atoms with Gasteiger partial charge in [0, 0.05) is 16.4 Å². The molecule has 0 spiro atoms. The number of carbonyl (C=O) groups is 1. The number of amides is 1. The van der Waals surface area contributed by atoms with Gasteiger partial charge < -0.3 is 5.32 Å². The normalized spacial score (nSPS) is 10.3. The second-order valence-electron chi connectivity index (χ2n) is 3.79. The summed E-state index contributed by atoms with van der Waals surface area (Å²) in [5.41, 5.74) is 0.998. The zero-order chi connectivity index (χ0) is 13.8. The van der Waals surface area contributed by atoms with E-state index in [2.05, 4.69) is 26.2 Å². The highest BCUT2D eigenvalue weighted by Gasteiger charge is 2.12. The maximum Gasteiger partial charge on any atom is 0.230 e. The van der Waals surface area contributed by atoms with E-state index < -0.39 is 5.82 Å². The van der Waals surface area contributed by atoms with Crippen LogP contribution in [0.25, 0.3) is 0 Å². The SMILES string of the molecule is O=C(Cc1ccccn1)Nc1c(Cl)cc(F)cc1Br. The lowest BCUT2D eigenvalue weighted by Crippen LogP contribution is -2.15. The van der Waals surface area contributed by atoms with Gasteiger partial charge in [0.05, 0.1) is 17.1 Å². The van der Waals surface area contributed by atoms with Gasteiger partial charge in [0.2, 0.25) is 5.91 Å². The van der Waals surface area contributed by atoms with Crippen LogP contribution in [-0.4, -0.2) is 10.9 Å². The molecule has 2 rings (SSSR count). The number of hydrogen-bond acceptors (Lipinski definition) is 2. The zero-order valence-corrected chi connectivity index (χ0v) is 12.0. The number of carbonyl (C=O) groups excluding carboxylic acids is 1. The summed E-state index contributed by atoms with van der Waals surface area (Å²) in [6.07, 6.45) is 1.74. The zero-order valence-electron chi connectivity index (χ0n) is 9.66. The molecule has 0 atom stereocenters. The molecule has 19 heavy (non-hydrogen) atoms. The molecule has 1 heterocycles. The van der Waals surface area contributed by atoms with Crippen molar-refractivity contribution < 1.29 is 9.18 Å². The van der Waals surface area contributed by atoms with E-state index >= 15 is 0 Å². The standard InChI is InChI=1S/C13H9BrClFN2O/c14-10-5-8(16)6-11(15)13(10)18-12(19)7-9-3-1-2-4-17-9/h1-6H,7H2,(H,18,19). The van der Waals surface area contributed by atoms with E-state index in [-0.39, 0.29) is 17.4 Å². The molecule has 0 bridgehead atoms. The van der Waals surface area contributed by atoms with Gasteiger partial charge in [0.1, 0.15) is 5.82 Å². The first-order valence-corrected chi connectivity index (χ1v) is 6.57. The van der Waals surface area contributed by atoms with Gasteiger partial charge in [0.15, 0.2) is 0 Å². The van der Waals surface area contributed by atoms with Gasteiger partial charge in [0.25, 0.3) is 0 Å². The Hall–Kier alpha value is -1.46. The molecular weight excluding hydrogens is 335 g/mol. The molecule has 0 aliphatic rings. The molecule has 0 saturated heterocycles. The van der Waals surface area contributed by atoms with Crippen LogP contribution in [0.5, 0.6) is 0 Å². The summed E-state index contributed by atoms with van der Waals surface area (Å²) in [6, 6.07) is 7.71. The van der Waals surface area contributed by atoms with Gasteiger partial charge in [-0.25, -0.2) is 4.39 Å². The Labute approximate surface area is 122 Å². The molecule has 98 valence electrons. The molecule has 2 aromatic rings. The van der Waals surface area contributed by atoms with Crippen molar-refractivity contribution in [1.82, 2.24) is 4.98 Å². The average Bonchev–Trinajstić information content (AvgIpc) is 2.35. The van der Waals surface area contributed by atoms with Crippen LogP contribution in [0.1, 0.15) is 5.69 Å². The highest BCUT2D eigenvalue weighted by Crippen LogP contribution is 2.31. The quantitative estimate of drug-likeness (QED) is 0.920. The van der Waals surface area contributed by atoms with E-state index in [0.29, 0.717) is 15.9 Å². The van der Waals surface area contributed by atoms with Crippen molar-refractivity contribution >= 4 is 39.1 Å². The van der Waals surface area contributed by atoms with E-state index in [1.54, 1.807) is 24.4 Å². The molecule has 3 nitrogen and oxygen atoms in total. The van der Waals surface area contributed by atoms with Crippen LogP contribution >= 0.6 is 27.5 Å². The van der Waals surface area contributed by atoms with Crippen LogP contribution in [0.4, 0.5) is 10.1 Å². The first kappa shape index (κ1) is 14.0. The van der Waals surface area contributed by atoms with Crippen LogP contribution in [-0.2, 0) is 11.2 Å². The Bertz CT molecular complexity index is 584. The Morgan fingerprint density at radius 3 is 2.84 bits per heavy atom. The molecule has 0 fully saturated rings. The second kappa shape index (κ2) is 6.12. The maximum atomic E-state index is 13.1. The van der Waals surface area contributed by atoms with E-state index in [1.807, 2.05) is 0 Å². The van der Waals surface area contributed by atoms with Gasteiger partial charge in [-0.1, -0.05) is 17.7 Å². The lowest BCUT2D eigenvalue weighted by Gasteiger charge is -2.09. The largest absolute Gasteiger partial charge is 0.323 e. The van der Waals surface area contributed by atoms with E-state index in [9.17, 15) is 9.18 Å². The summed E-state index contributed by atoms with van der Waals surface area (Å²) < 4.78 is 13.5. The Morgan fingerprint density at radius 2 is 2.21 bits per heavy atom. The lowest BCUT2D eigenvalue weighted by atomic mass is 10.2. The van der Waals surface area contributed by atoms with Gasteiger partial charge in [-0.15, -0.1) is 0 Å². The van der Waals surface area contributed by atoms with Gasteiger partial charge in [-0.05, 0) is 40.2 Å². The average molecular weight is 344 g/mol. The van der Waals surface area contributed by atoms with Crippen molar-refractivity contribution in [2.45, 2.75) is 6.42 Å². The molecule has 1 amide bonds. The molecule has 6 heteroatoms. The lowest BCUT2D eigenvalue weighted by molar-refractivity contribution is -0.115. The molecule has 0 radical (unpaired) electrons. The van der Waals surface area contributed by atoms with Crippen molar-refractivity contribution in [3.63, 3.8) is 0 Å². The highest BCUT2D eigenvalue weighted by atomic mass is 79.9. The minimum absolute atomic E-state index is 0.126. The molecular formula is C13H9BrClFN2O. The molecule has 0 saturated carbocycles. The summed E-state index contributed by atoms with van der Waals surface area (Å²) in [5, 5.41) is 2.77. The molecule has 1 aromatic heterocycles. The number of anilines is 1. The fraction of sp³-hybridized carbons (Fsp3) is 0.0769.